The Morgan fingerprint density at radius 1 is 1.10 bits per heavy atom. The van der Waals surface area contributed by atoms with Crippen LogP contribution in [0.3, 0.4) is 0 Å². The Kier molecular flexibility index (Phi) is 4.61. The molecule has 4 heteroatoms. The molecule has 0 radical (unpaired) electrons. The number of hydrogen-bond acceptors (Lipinski definition) is 4. The average molecular weight is 281 g/mol. The Hall–Kier alpha value is -2.75. The van der Waals surface area contributed by atoms with Crippen molar-refractivity contribution >= 4 is 23.5 Å². The zero-order valence-electron chi connectivity index (χ0n) is 11.9. The van der Waals surface area contributed by atoms with Gasteiger partial charge in [-0.15, -0.1) is 0 Å². The number of oxime groups is 1. The number of carbonyl (C=O) groups excluding carboxylic acids is 2. The van der Waals surface area contributed by atoms with Gasteiger partial charge in [0.15, 0.2) is 5.78 Å². The van der Waals surface area contributed by atoms with Crippen LogP contribution < -0.4 is 0 Å². The summed E-state index contributed by atoms with van der Waals surface area (Å²) in [7, 11) is 0. The number of allylic oxidation sites excluding steroid dienone is 4. The lowest BCUT2D eigenvalue weighted by Crippen LogP contribution is -2.12. The second-order valence-corrected chi connectivity index (χ2v) is 4.58. The Balaban J connectivity index is 2.01. The summed E-state index contributed by atoms with van der Waals surface area (Å²) in [5.41, 5.74) is 2.69. The van der Waals surface area contributed by atoms with Crippen LogP contribution in [0.5, 0.6) is 0 Å². The molecule has 0 atom stereocenters. The largest absolute Gasteiger partial charge is 0.358 e. The molecule has 0 amide bonds. The molecule has 0 saturated carbocycles. The Morgan fingerprint density at radius 3 is 2.52 bits per heavy atom. The minimum absolute atomic E-state index is 0.0539. The lowest BCUT2D eigenvalue weighted by molar-refractivity contribution is -0.137. The van der Waals surface area contributed by atoms with Crippen molar-refractivity contribution in [2.75, 3.05) is 0 Å². The van der Waals surface area contributed by atoms with Crippen molar-refractivity contribution in [3.05, 3.63) is 65.3 Å². The smallest absolute Gasteiger partial charge is 0.313 e. The number of benzene rings is 1. The van der Waals surface area contributed by atoms with Crippen molar-refractivity contribution in [2.45, 2.75) is 13.8 Å². The van der Waals surface area contributed by atoms with E-state index in [9.17, 15) is 9.59 Å². The van der Waals surface area contributed by atoms with E-state index in [0.29, 0.717) is 16.9 Å². The average Bonchev–Trinajstić information content (AvgIpc) is 2.51. The summed E-state index contributed by atoms with van der Waals surface area (Å²) in [4.78, 5) is 27.8. The molecule has 0 spiro atoms. The summed E-state index contributed by atoms with van der Waals surface area (Å²) < 4.78 is 0. The topological polar surface area (TPSA) is 55.7 Å². The molecular weight excluding hydrogens is 266 g/mol. The standard InChI is InChI=1S/C17H15NO3/c1-12-13(2)16(19)10-9-15(12)18-21-17(20)11-8-14-6-4-3-5-7-14/h3-11H,1-2H3/b11-8-,18-15?. The van der Waals surface area contributed by atoms with Gasteiger partial charge in [-0.25, -0.2) is 4.79 Å². The van der Waals surface area contributed by atoms with Crippen molar-refractivity contribution in [3.63, 3.8) is 0 Å². The van der Waals surface area contributed by atoms with E-state index in [1.807, 2.05) is 30.3 Å². The monoisotopic (exact) mass is 281 g/mol. The normalized spacial score (nSPS) is 16.9. The van der Waals surface area contributed by atoms with Gasteiger partial charge in [0.25, 0.3) is 0 Å². The van der Waals surface area contributed by atoms with Crippen LogP contribution >= 0.6 is 0 Å². The molecule has 1 aliphatic carbocycles. The van der Waals surface area contributed by atoms with Crippen molar-refractivity contribution in [1.82, 2.24) is 0 Å². The van der Waals surface area contributed by atoms with Crippen LogP contribution in [0.1, 0.15) is 19.4 Å². The third-order valence-corrected chi connectivity index (χ3v) is 3.15. The fourth-order valence-corrected chi connectivity index (χ4v) is 1.73. The van der Waals surface area contributed by atoms with Crippen LogP contribution in [-0.4, -0.2) is 17.5 Å². The molecule has 0 aromatic heterocycles. The van der Waals surface area contributed by atoms with Gasteiger partial charge >= 0.3 is 5.97 Å². The van der Waals surface area contributed by atoms with Crippen LogP contribution in [0, 0.1) is 0 Å². The summed E-state index contributed by atoms with van der Waals surface area (Å²) in [6, 6.07) is 9.41. The van der Waals surface area contributed by atoms with Gasteiger partial charge in [-0.1, -0.05) is 35.5 Å². The maximum atomic E-state index is 11.6. The van der Waals surface area contributed by atoms with E-state index in [0.717, 1.165) is 5.56 Å². The lowest BCUT2D eigenvalue weighted by atomic mass is 9.97. The van der Waals surface area contributed by atoms with Crippen molar-refractivity contribution in [3.8, 4) is 0 Å². The van der Waals surface area contributed by atoms with Crippen LogP contribution in [0.25, 0.3) is 6.08 Å². The highest BCUT2D eigenvalue weighted by atomic mass is 16.7. The second-order valence-electron chi connectivity index (χ2n) is 4.58. The molecule has 0 fully saturated rings. The Labute approximate surface area is 123 Å². The number of nitrogens with zero attached hydrogens (tertiary/aromatic N) is 1. The zero-order valence-corrected chi connectivity index (χ0v) is 11.9. The first-order valence-corrected chi connectivity index (χ1v) is 6.50. The molecule has 2 rings (SSSR count). The number of carbonyl (C=O) groups is 2. The summed E-state index contributed by atoms with van der Waals surface area (Å²) in [6.45, 7) is 3.48. The highest BCUT2D eigenvalue weighted by molar-refractivity contribution is 6.21. The molecule has 1 aliphatic rings. The first-order chi connectivity index (χ1) is 10.1. The van der Waals surface area contributed by atoms with E-state index < -0.39 is 5.97 Å². The molecule has 0 aliphatic heterocycles. The fraction of sp³-hybridized carbons (Fsp3) is 0.118. The quantitative estimate of drug-likeness (QED) is 0.370. The van der Waals surface area contributed by atoms with E-state index in [4.69, 9.17) is 4.84 Å². The van der Waals surface area contributed by atoms with E-state index in [-0.39, 0.29) is 5.78 Å². The van der Waals surface area contributed by atoms with Crippen molar-refractivity contribution in [1.29, 1.82) is 0 Å². The van der Waals surface area contributed by atoms with Crippen LogP contribution in [0.2, 0.25) is 0 Å². The summed E-state index contributed by atoms with van der Waals surface area (Å²) >= 11 is 0. The van der Waals surface area contributed by atoms with Gasteiger partial charge in [0.1, 0.15) is 5.71 Å². The first kappa shape index (κ1) is 14.7. The van der Waals surface area contributed by atoms with Gasteiger partial charge < -0.3 is 4.84 Å². The highest BCUT2D eigenvalue weighted by Gasteiger charge is 2.14. The molecule has 0 bridgehead atoms. The number of ketones is 1. The van der Waals surface area contributed by atoms with E-state index >= 15 is 0 Å². The molecule has 0 saturated heterocycles. The first-order valence-electron chi connectivity index (χ1n) is 6.50. The summed E-state index contributed by atoms with van der Waals surface area (Å²) in [5.74, 6) is -0.621. The van der Waals surface area contributed by atoms with Gasteiger partial charge in [0, 0.05) is 11.6 Å². The SMILES string of the molecule is CC1=C(C)C(=NOC(=O)/C=C\c2ccccc2)C=CC1=O. The highest BCUT2D eigenvalue weighted by Crippen LogP contribution is 2.14. The molecule has 4 nitrogen and oxygen atoms in total. The van der Waals surface area contributed by atoms with Gasteiger partial charge in [0.05, 0.1) is 0 Å². The van der Waals surface area contributed by atoms with Crippen LogP contribution in [0.15, 0.2) is 64.9 Å². The van der Waals surface area contributed by atoms with E-state index in [1.165, 1.54) is 12.2 Å². The Morgan fingerprint density at radius 2 is 1.81 bits per heavy atom. The fourth-order valence-electron chi connectivity index (χ4n) is 1.73. The molecule has 1 aromatic rings. The molecule has 21 heavy (non-hydrogen) atoms. The van der Waals surface area contributed by atoms with Gasteiger partial charge in [-0.05, 0) is 43.2 Å². The van der Waals surface area contributed by atoms with E-state index in [2.05, 4.69) is 5.16 Å². The van der Waals surface area contributed by atoms with E-state index in [1.54, 1.807) is 26.0 Å². The minimum Gasteiger partial charge on any atom is -0.313 e. The maximum absolute atomic E-state index is 11.6. The third-order valence-electron chi connectivity index (χ3n) is 3.15. The van der Waals surface area contributed by atoms with Gasteiger partial charge in [-0.3, -0.25) is 4.79 Å². The third kappa shape index (κ3) is 3.86. The molecular formula is C17H15NO3. The van der Waals surface area contributed by atoms with Crippen LogP contribution in [-0.2, 0) is 14.4 Å². The predicted octanol–water partition coefficient (Wildman–Crippen LogP) is 3.07. The van der Waals surface area contributed by atoms with Gasteiger partial charge in [0.2, 0.25) is 0 Å². The Bertz CT molecular complexity index is 679. The predicted molar refractivity (Wildman–Crippen MR) is 81.5 cm³/mol. The van der Waals surface area contributed by atoms with Crippen molar-refractivity contribution < 1.29 is 14.4 Å². The maximum Gasteiger partial charge on any atom is 0.358 e. The summed E-state index contributed by atoms with van der Waals surface area (Å²) in [6.07, 6.45) is 5.91. The van der Waals surface area contributed by atoms with Gasteiger partial charge in [-0.2, -0.15) is 0 Å². The molecule has 0 heterocycles. The lowest BCUT2D eigenvalue weighted by Gasteiger charge is -2.09. The number of hydrogen-bond donors (Lipinski definition) is 0. The minimum atomic E-state index is -0.567. The molecule has 0 N–H and O–H groups in total. The van der Waals surface area contributed by atoms with Crippen LogP contribution in [0.4, 0.5) is 0 Å². The molecule has 106 valence electrons. The summed E-state index contributed by atoms with van der Waals surface area (Å²) in [5, 5.41) is 3.78. The number of rotatable bonds is 3. The molecule has 1 aromatic carbocycles. The molecule has 0 unspecified atom stereocenters. The van der Waals surface area contributed by atoms with Crippen molar-refractivity contribution in [2.24, 2.45) is 5.16 Å². The zero-order chi connectivity index (χ0) is 15.2. The second kappa shape index (κ2) is 6.61.